The van der Waals surface area contributed by atoms with Crippen LogP contribution in [0.15, 0.2) is 24.3 Å². The maximum Gasteiger partial charge on any atom is 0.246 e. The normalized spacial score (nSPS) is 27.4. The number of ether oxygens (including phenoxy) is 1. The summed E-state index contributed by atoms with van der Waals surface area (Å²) in [7, 11) is 1.73. The molecule has 4 rings (SSSR count). The summed E-state index contributed by atoms with van der Waals surface area (Å²) in [6, 6.07) is 6.50. The quantitative estimate of drug-likeness (QED) is 0.589. The monoisotopic (exact) mass is 470 g/mol. The lowest BCUT2D eigenvalue weighted by Crippen LogP contribution is -2.60. The number of carbonyl (C=O) groups excluding carboxylic acids is 3. The van der Waals surface area contributed by atoms with Gasteiger partial charge in [0.25, 0.3) is 0 Å². The standard InChI is InChI=1S/C26H38N4O4/c1-15(27-5)23(31)29-22(26(2,3)4)25(33)30-13-12-16-10-11-19(21(16)30)28-24(32)18-14-34-20-9-7-6-8-17(18)20/h6-9,15-16,18-19,21-22,27H,10-14H2,1-5H3,(H,28,32)(H,29,31)/t15-,16?,18?,19?,21?,22?/m0/s1. The Hall–Kier alpha value is -2.61. The Morgan fingerprint density at radius 3 is 2.56 bits per heavy atom. The van der Waals surface area contributed by atoms with Gasteiger partial charge in [-0.05, 0) is 50.6 Å². The molecule has 8 nitrogen and oxygen atoms in total. The van der Waals surface area contributed by atoms with Gasteiger partial charge in [-0.15, -0.1) is 0 Å². The third-order valence-electron chi connectivity index (χ3n) is 7.70. The summed E-state index contributed by atoms with van der Waals surface area (Å²) in [6.07, 6.45) is 2.76. The Kier molecular flexibility index (Phi) is 6.90. The van der Waals surface area contributed by atoms with Crippen LogP contribution in [0.1, 0.15) is 58.4 Å². The van der Waals surface area contributed by atoms with Gasteiger partial charge in [0, 0.05) is 18.2 Å². The van der Waals surface area contributed by atoms with Gasteiger partial charge in [0.15, 0.2) is 0 Å². The van der Waals surface area contributed by atoms with Crippen LogP contribution in [0.2, 0.25) is 0 Å². The number of likely N-dealkylation sites (N-methyl/N-ethyl adjacent to an activating group) is 1. The summed E-state index contributed by atoms with van der Waals surface area (Å²) >= 11 is 0. The van der Waals surface area contributed by atoms with E-state index in [0.717, 1.165) is 30.6 Å². The molecule has 5 unspecified atom stereocenters. The molecule has 34 heavy (non-hydrogen) atoms. The van der Waals surface area contributed by atoms with Crippen molar-refractivity contribution < 1.29 is 19.1 Å². The van der Waals surface area contributed by atoms with Crippen molar-refractivity contribution in [2.24, 2.45) is 11.3 Å². The van der Waals surface area contributed by atoms with Crippen LogP contribution in [-0.2, 0) is 14.4 Å². The molecule has 6 atom stereocenters. The first-order valence-electron chi connectivity index (χ1n) is 12.4. The molecule has 0 aromatic heterocycles. The predicted molar refractivity (Wildman–Crippen MR) is 129 cm³/mol. The highest BCUT2D eigenvalue weighted by Crippen LogP contribution is 2.40. The Morgan fingerprint density at radius 1 is 1.12 bits per heavy atom. The summed E-state index contributed by atoms with van der Waals surface area (Å²) in [6.45, 7) is 8.69. The third kappa shape index (κ3) is 4.65. The number of hydrogen-bond donors (Lipinski definition) is 3. The third-order valence-corrected chi connectivity index (χ3v) is 7.70. The minimum Gasteiger partial charge on any atom is -0.492 e. The number of likely N-dealkylation sites (tertiary alicyclic amines) is 1. The highest BCUT2D eigenvalue weighted by Gasteiger charge is 2.49. The lowest BCUT2D eigenvalue weighted by Gasteiger charge is -2.38. The van der Waals surface area contributed by atoms with Crippen LogP contribution in [0.3, 0.4) is 0 Å². The predicted octanol–water partition coefficient (Wildman–Crippen LogP) is 1.80. The minimum atomic E-state index is -0.637. The summed E-state index contributed by atoms with van der Waals surface area (Å²) in [5.74, 6) is 0.511. The molecule has 0 bridgehead atoms. The number of para-hydroxylation sites is 1. The highest BCUT2D eigenvalue weighted by atomic mass is 16.5. The molecule has 1 saturated carbocycles. The Morgan fingerprint density at radius 2 is 1.85 bits per heavy atom. The SMILES string of the molecule is CN[C@@H](C)C(=O)NC(C(=O)N1CCC2CCC(NC(=O)C3COc4ccccc43)C21)C(C)(C)C. The second-order valence-electron chi connectivity index (χ2n) is 11.0. The van der Waals surface area contributed by atoms with E-state index in [4.69, 9.17) is 4.74 Å². The molecule has 0 spiro atoms. The fourth-order valence-corrected chi connectivity index (χ4v) is 5.59. The number of rotatable bonds is 6. The summed E-state index contributed by atoms with van der Waals surface area (Å²) in [4.78, 5) is 41.5. The number of fused-ring (bicyclic) bond motifs is 2. The van der Waals surface area contributed by atoms with Gasteiger partial charge in [-0.1, -0.05) is 39.0 Å². The van der Waals surface area contributed by atoms with E-state index in [1.165, 1.54) is 0 Å². The molecule has 2 heterocycles. The number of nitrogens with zero attached hydrogens (tertiary/aromatic N) is 1. The van der Waals surface area contributed by atoms with Gasteiger partial charge in [-0.3, -0.25) is 14.4 Å². The van der Waals surface area contributed by atoms with Crippen LogP contribution in [0, 0.1) is 11.3 Å². The van der Waals surface area contributed by atoms with Crippen molar-refractivity contribution >= 4 is 17.7 Å². The fourth-order valence-electron chi connectivity index (χ4n) is 5.59. The van der Waals surface area contributed by atoms with Gasteiger partial charge < -0.3 is 25.6 Å². The molecular weight excluding hydrogens is 432 g/mol. The highest BCUT2D eigenvalue weighted by molar-refractivity contribution is 5.91. The van der Waals surface area contributed by atoms with Crippen LogP contribution >= 0.6 is 0 Å². The maximum atomic E-state index is 13.8. The van der Waals surface area contributed by atoms with E-state index in [-0.39, 0.29) is 41.8 Å². The van der Waals surface area contributed by atoms with Crippen molar-refractivity contribution in [2.45, 2.75) is 77.0 Å². The molecule has 0 radical (unpaired) electrons. The lowest BCUT2D eigenvalue weighted by atomic mass is 9.85. The molecule has 1 aromatic rings. The van der Waals surface area contributed by atoms with Crippen molar-refractivity contribution in [1.29, 1.82) is 0 Å². The van der Waals surface area contributed by atoms with Gasteiger partial charge >= 0.3 is 0 Å². The van der Waals surface area contributed by atoms with Crippen LogP contribution < -0.4 is 20.7 Å². The van der Waals surface area contributed by atoms with Crippen molar-refractivity contribution in [3.63, 3.8) is 0 Å². The van der Waals surface area contributed by atoms with Gasteiger partial charge in [-0.25, -0.2) is 0 Å². The molecule has 8 heteroatoms. The molecular formula is C26H38N4O4. The van der Waals surface area contributed by atoms with E-state index in [2.05, 4.69) is 16.0 Å². The smallest absolute Gasteiger partial charge is 0.246 e. The van der Waals surface area contributed by atoms with E-state index in [0.29, 0.717) is 19.1 Å². The second kappa shape index (κ2) is 9.56. The lowest BCUT2D eigenvalue weighted by molar-refractivity contribution is -0.141. The first-order valence-corrected chi connectivity index (χ1v) is 12.4. The second-order valence-corrected chi connectivity index (χ2v) is 11.0. The van der Waals surface area contributed by atoms with Gasteiger partial charge in [0.2, 0.25) is 17.7 Å². The fraction of sp³-hybridized carbons (Fsp3) is 0.654. The Labute approximate surface area is 202 Å². The average molecular weight is 471 g/mol. The number of benzene rings is 1. The molecule has 186 valence electrons. The zero-order valence-corrected chi connectivity index (χ0v) is 20.9. The molecule has 1 aliphatic carbocycles. The molecule has 1 aromatic carbocycles. The number of hydrogen-bond acceptors (Lipinski definition) is 5. The van der Waals surface area contributed by atoms with Gasteiger partial charge in [-0.2, -0.15) is 0 Å². The van der Waals surface area contributed by atoms with Gasteiger partial charge in [0.05, 0.1) is 12.1 Å². The summed E-state index contributed by atoms with van der Waals surface area (Å²) in [5, 5.41) is 9.17. The maximum absolute atomic E-state index is 13.8. The molecule has 2 fully saturated rings. The largest absolute Gasteiger partial charge is 0.492 e. The van der Waals surface area contributed by atoms with Crippen molar-refractivity contribution in [3.8, 4) is 5.75 Å². The Bertz CT molecular complexity index is 943. The Balaban J connectivity index is 1.48. The molecule has 2 aliphatic heterocycles. The zero-order chi connectivity index (χ0) is 24.6. The zero-order valence-electron chi connectivity index (χ0n) is 20.9. The number of carbonyl (C=O) groups is 3. The summed E-state index contributed by atoms with van der Waals surface area (Å²) in [5.41, 5.74) is 0.476. The molecule has 1 saturated heterocycles. The van der Waals surface area contributed by atoms with Crippen molar-refractivity contribution in [1.82, 2.24) is 20.9 Å². The van der Waals surface area contributed by atoms with E-state index < -0.39 is 11.5 Å². The van der Waals surface area contributed by atoms with Crippen LogP contribution in [0.25, 0.3) is 0 Å². The van der Waals surface area contributed by atoms with E-state index >= 15 is 0 Å². The number of amides is 3. The van der Waals surface area contributed by atoms with Crippen LogP contribution in [-0.4, -0.2) is 67.0 Å². The van der Waals surface area contributed by atoms with Crippen LogP contribution in [0.4, 0.5) is 0 Å². The molecule has 3 amide bonds. The molecule has 3 aliphatic rings. The van der Waals surface area contributed by atoms with Crippen molar-refractivity contribution in [2.75, 3.05) is 20.2 Å². The average Bonchev–Trinajstić information content (AvgIpc) is 3.51. The van der Waals surface area contributed by atoms with E-state index in [1.54, 1.807) is 14.0 Å². The van der Waals surface area contributed by atoms with Gasteiger partial charge in [0.1, 0.15) is 24.3 Å². The summed E-state index contributed by atoms with van der Waals surface area (Å²) < 4.78 is 5.71. The van der Waals surface area contributed by atoms with E-state index in [9.17, 15) is 14.4 Å². The number of nitrogens with one attached hydrogen (secondary N) is 3. The van der Waals surface area contributed by atoms with Crippen molar-refractivity contribution in [3.05, 3.63) is 29.8 Å². The van der Waals surface area contributed by atoms with Crippen LogP contribution in [0.5, 0.6) is 5.75 Å². The first-order chi connectivity index (χ1) is 16.1. The topological polar surface area (TPSA) is 99.8 Å². The molecule has 3 N–H and O–H groups in total. The first kappa shape index (κ1) is 24.5. The minimum absolute atomic E-state index is 0.0431. The van der Waals surface area contributed by atoms with E-state index in [1.807, 2.05) is 49.9 Å².